The number of methoxy groups -OCH3 is 1. The lowest BCUT2D eigenvalue weighted by atomic mass is 9.79. The van der Waals surface area contributed by atoms with Crippen LogP contribution in [-0.2, 0) is 0 Å². The topological polar surface area (TPSA) is 97.8 Å². The molecule has 9 heteroatoms. The van der Waals surface area contributed by atoms with Gasteiger partial charge in [0.1, 0.15) is 11.3 Å². The molecule has 1 unspecified atom stereocenters. The molecule has 30 heavy (non-hydrogen) atoms. The summed E-state index contributed by atoms with van der Waals surface area (Å²) in [5.74, 6) is -1.64. The monoisotopic (exact) mass is 439 g/mol. The minimum atomic E-state index is -1.32. The number of rotatable bonds is 4. The summed E-state index contributed by atoms with van der Waals surface area (Å²) in [6, 6.07) is 1.24. The third-order valence-corrected chi connectivity index (χ3v) is 6.20. The molecule has 164 valence electrons. The molecule has 2 fully saturated rings. The molecule has 2 aliphatic rings. The summed E-state index contributed by atoms with van der Waals surface area (Å²) in [7, 11) is 1.45. The minimum Gasteiger partial charge on any atom is -0.492 e. The standard InChI is InChI=1S/C21H26FN3O4.ClH/c1-21(2)10-24(7-6-15(21)23)17-14(22)8-12-16(19(17)29-3)25(11-4-5-11)9-13(18(12)26)20(27)28;/h8-9,11,15H,4-7,10,23H2,1-3H3,(H,27,28);1H. The van der Waals surface area contributed by atoms with Crippen LogP contribution in [0.3, 0.4) is 0 Å². The number of benzene rings is 1. The number of aromatic carboxylic acids is 1. The van der Waals surface area contributed by atoms with Gasteiger partial charge in [-0.05, 0) is 30.7 Å². The molecule has 2 heterocycles. The van der Waals surface area contributed by atoms with E-state index in [9.17, 15) is 14.7 Å². The van der Waals surface area contributed by atoms with Gasteiger partial charge in [0.2, 0.25) is 5.43 Å². The van der Waals surface area contributed by atoms with Gasteiger partial charge in [0, 0.05) is 31.4 Å². The van der Waals surface area contributed by atoms with Crippen molar-refractivity contribution in [1.29, 1.82) is 0 Å². The Bertz CT molecular complexity index is 1060. The molecule has 1 saturated carbocycles. The number of pyridine rings is 1. The SMILES string of the molecule is COc1c(N2CCC(N)C(C)(C)C2)c(F)cc2c(=O)c(C(=O)O)cn(C3CC3)c12.Cl. The lowest BCUT2D eigenvalue weighted by Crippen LogP contribution is -2.52. The van der Waals surface area contributed by atoms with Gasteiger partial charge in [0.25, 0.3) is 0 Å². The summed E-state index contributed by atoms with van der Waals surface area (Å²) < 4.78 is 22.7. The average Bonchev–Trinajstić information content (AvgIpc) is 3.48. The van der Waals surface area contributed by atoms with Crippen LogP contribution in [-0.4, -0.2) is 41.9 Å². The quantitative estimate of drug-likeness (QED) is 0.759. The Morgan fingerprint density at radius 1 is 1.33 bits per heavy atom. The summed E-state index contributed by atoms with van der Waals surface area (Å²) in [6.07, 6.45) is 3.82. The molecule has 1 aromatic carbocycles. The largest absolute Gasteiger partial charge is 0.492 e. The number of hydrogen-bond donors (Lipinski definition) is 2. The van der Waals surface area contributed by atoms with Crippen molar-refractivity contribution >= 4 is 35.0 Å². The highest BCUT2D eigenvalue weighted by molar-refractivity contribution is 5.97. The number of carbonyl (C=O) groups is 1. The van der Waals surface area contributed by atoms with Gasteiger partial charge in [-0.1, -0.05) is 13.8 Å². The fourth-order valence-electron chi connectivity index (χ4n) is 4.29. The normalized spacial score (nSPS) is 20.7. The van der Waals surface area contributed by atoms with Crippen molar-refractivity contribution in [2.45, 2.75) is 45.2 Å². The summed E-state index contributed by atoms with van der Waals surface area (Å²) in [5.41, 5.74) is 5.72. The molecule has 0 amide bonds. The minimum absolute atomic E-state index is 0. The van der Waals surface area contributed by atoms with Crippen molar-refractivity contribution in [3.05, 3.63) is 33.9 Å². The Kier molecular flexibility index (Phi) is 5.77. The van der Waals surface area contributed by atoms with Crippen LogP contribution in [0.15, 0.2) is 17.1 Å². The number of aromatic nitrogens is 1. The molecule has 0 spiro atoms. The van der Waals surface area contributed by atoms with Gasteiger partial charge in [-0.3, -0.25) is 4.79 Å². The van der Waals surface area contributed by atoms with Crippen molar-refractivity contribution in [2.75, 3.05) is 25.1 Å². The molecule has 2 aromatic rings. The number of hydrogen-bond acceptors (Lipinski definition) is 5. The van der Waals surface area contributed by atoms with Gasteiger partial charge in [-0.25, -0.2) is 9.18 Å². The van der Waals surface area contributed by atoms with E-state index in [4.69, 9.17) is 10.5 Å². The van der Waals surface area contributed by atoms with Gasteiger partial charge in [0.15, 0.2) is 11.6 Å². The van der Waals surface area contributed by atoms with Gasteiger partial charge < -0.3 is 25.0 Å². The van der Waals surface area contributed by atoms with Gasteiger partial charge >= 0.3 is 5.97 Å². The molecule has 7 nitrogen and oxygen atoms in total. The molecule has 3 N–H and O–H groups in total. The van der Waals surface area contributed by atoms with Crippen LogP contribution >= 0.6 is 12.4 Å². The molecular weight excluding hydrogens is 413 g/mol. The summed E-state index contributed by atoms with van der Waals surface area (Å²) in [6.45, 7) is 5.22. The number of piperidine rings is 1. The smallest absolute Gasteiger partial charge is 0.341 e. The van der Waals surface area contributed by atoms with E-state index in [1.54, 1.807) is 4.57 Å². The Labute approximate surface area is 180 Å². The zero-order valence-electron chi connectivity index (χ0n) is 17.3. The third-order valence-electron chi connectivity index (χ3n) is 6.20. The van der Waals surface area contributed by atoms with E-state index < -0.39 is 17.2 Å². The van der Waals surface area contributed by atoms with Crippen LogP contribution in [0.25, 0.3) is 10.9 Å². The highest BCUT2D eigenvalue weighted by atomic mass is 35.5. The van der Waals surface area contributed by atoms with Crippen LogP contribution in [0.4, 0.5) is 10.1 Å². The molecule has 1 saturated heterocycles. The zero-order valence-corrected chi connectivity index (χ0v) is 18.1. The van der Waals surface area contributed by atoms with Gasteiger partial charge in [-0.15, -0.1) is 12.4 Å². The number of carboxylic acid groups (broad SMARTS) is 1. The van der Waals surface area contributed by atoms with E-state index in [1.165, 1.54) is 13.3 Å². The lowest BCUT2D eigenvalue weighted by Gasteiger charge is -2.44. The molecular formula is C21H27ClFN3O4. The summed E-state index contributed by atoms with van der Waals surface area (Å²) >= 11 is 0. The first-order chi connectivity index (χ1) is 13.7. The Balaban J connectivity index is 0.00000256. The number of halogens is 2. The average molecular weight is 440 g/mol. The Morgan fingerprint density at radius 3 is 2.53 bits per heavy atom. The van der Waals surface area contributed by atoms with E-state index in [0.717, 1.165) is 18.9 Å². The maximum Gasteiger partial charge on any atom is 0.341 e. The second kappa shape index (κ2) is 7.74. The van der Waals surface area contributed by atoms with E-state index in [-0.39, 0.29) is 46.6 Å². The summed E-state index contributed by atoms with van der Waals surface area (Å²) in [4.78, 5) is 26.3. The zero-order chi connectivity index (χ0) is 21.1. The molecule has 1 aliphatic carbocycles. The molecule has 1 atom stereocenters. The number of nitrogens with zero attached hydrogens (tertiary/aromatic N) is 2. The van der Waals surface area contributed by atoms with Gasteiger partial charge in [-0.2, -0.15) is 0 Å². The number of anilines is 1. The van der Waals surface area contributed by atoms with Gasteiger partial charge in [0.05, 0.1) is 18.0 Å². The number of fused-ring (bicyclic) bond motifs is 1. The van der Waals surface area contributed by atoms with Crippen LogP contribution in [0.1, 0.15) is 49.5 Å². The van der Waals surface area contributed by atoms with Crippen molar-refractivity contribution in [3.63, 3.8) is 0 Å². The highest BCUT2D eigenvalue weighted by Crippen LogP contribution is 2.45. The predicted octanol–water partition coefficient (Wildman–Crippen LogP) is 3.17. The molecule has 4 rings (SSSR count). The van der Waals surface area contributed by atoms with E-state index in [0.29, 0.717) is 30.7 Å². The van der Waals surface area contributed by atoms with Crippen LogP contribution < -0.4 is 20.8 Å². The number of nitrogens with two attached hydrogens (primary N) is 1. The maximum atomic E-state index is 15.3. The Morgan fingerprint density at radius 2 is 2.00 bits per heavy atom. The predicted molar refractivity (Wildman–Crippen MR) is 116 cm³/mol. The second-order valence-electron chi connectivity index (χ2n) is 8.76. The van der Waals surface area contributed by atoms with Crippen molar-refractivity contribution in [2.24, 2.45) is 11.1 Å². The fraction of sp³-hybridized carbons (Fsp3) is 0.524. The maximum absolute atomic E-state index is 15.3. The summed E-state index contributed by atoms with van der Waals surface area (Å²) in [5, 5.41) is 9.46. The molecule has 1 aromatic heterocycles. The molecule has 0 bridgehead atoms. The number of carboxylic acids is 1. The second-order valence-corrected chi connectivity index (χ2v) is 8.76. The van der Waals surface area contributed by atoms with Crippen LogP contribution in [0.5, 0.6) is 5.75 Å². The van der Waals surface area contributed by atoms with Crippen molar-refractivity contribution < 1.29 is 19.0 Å². The first-order valence-electron chi connectivity index (χ1n) is 9.85. The fourth-order valence-corrected chi connectivity index (χ4v) is 4.29. The van der Waals surface area contributed by atoms with Crippen molar-refractivity contribution in [1.82, 2.24) is 4.57 Å². The van der Waals surface area contributed by atoms with E-state index in [1.807, 2.05) is 4.90 Å². The third kappa shape index (κ3) is 3.52. The first kappa shape index (κ1) is 22.4. The highest BCUT2D eigenvalue weighted by Gasteiger charge is 2.37. The Hall–Kier alpha value is -2.32. The lowest BCUT2D eigenvalue weighted by molar-refractivity contribution is 0.0695. The first-order valence-corrected chi connectivity index (χ1v) is 9.85. The molecule has 0 radical (unpaired) electrons. The van der Waals surface area contributed by atoms with E-state index >= 15 is 4.39 Å². The van der Waals surface area contributed by atoms with E-state index in [2.05, 4.69) is 13.8 Å². The van der Waals surface area contributed by atoms with Crippen LogP contribution in [0.2, 0.25) is 0 Å². The van der Waals surface area contributed by atoms with Crippen molar-refractivity contribution in [3.8, 4) is 5.75 Å². The molecule has 1 aliphatic heterocycles. The number of ether oxygens (including phenoxy) is 1. The van der Waals surface area contributed by atoms with Crippen LogP contribution in [0, 0.1) is 11.2 Å².